The number of amides is 1. The number of H-pyrrole nitrogens is 1. The molecule has 1 amide bonds. The molecular formula is C50H43ClN8O3. The van der Waals surface area contributed by atoms with Gasteiger partial charge in [-0.1, -0.05) is 109 Å². The lowest BCUT2D eigenvalue weighted by molar-refractivity contribution is 0.0523. The topological polar surface area (TPSA) is 183 Å². The number of benzene rings is 4. The molecule has 0 aliphatic carbocycles. The van der Waals surface area contributed by atoms with Gasteiger partial charge in [0.1, 0.15) is 17.7 Å². The number of aromatic nitrogens is 4. The highest BCUT2D eigenvalue weighted by molar-refractivity contribution is 5.99. The van der Waals surface area contributed by atoms with E-state index in [0.717, 1.165) is 61.2 Å². The van der Waals surface area contributed by atoms with E-state index in [9.17, 15) is 20.1 Å². The summed E-state index contributed by atoms with van der Waals surface area (Å²) >= 11 is 0. The lowest BCUT2D eigenvalue weighted by Crippen LogP contribution is -2.32. The van der Waals surface area contributed by atoms with Crippen LogP contribution in [0.4, 0.5) is 4.79 Å². The van der Waals surface area contributed by atoms with E-state index in [1.807, 2.05) is 143 Å². The summed E-state index contributed by atoms with van der Waals surface area (Å²) in [4.78, 5) is 41.1. The van der Waals surface area contributed by atoms with Crippen LogP contribution in [0.1, 0.15) is 48.7 Å². The molecule has 0 bridgehead atoms. The number of alkyl carbamates (subject to hydrolysis) is 1. The molecule has 8 rings (SSSR count). The maximum absolute atomic E-state index is 12.4. The number of fused-ring (bicyclic) bond motifs is 2. The standard InChI is InChI=1S/C28H26N4O2.C22H16N4O.ClH/c1-18-24-22(16-29)25(20-8-6-5-7-9-20)26(32-23(24)14-15-30-18)21-12-10-19(11-13-21)17-31-27(33)34-28(2,3)4;23-12-14-6-8-16(9-7-14)21-19(15-4-2-1-3-5-15)17(13-24)20-18(26-21)10-11-25-22(20)27;/h5-15H,17H2,1-4H3,(H,31,33);1-11H,12,23H2,(H,25,27);1H. The molecule has 0 saturated heterocycles. The molecule has 62 heavy (non-hydrogen) atoms. The Hall–Kier alpha value is -7.70. The summed E-state index contributed by atoms with van der Waals surface area (Å²) in [5.74, 6) is 0. The van der Waals surface area contributed by atoms with Crippen molar-refractivity contribution in [2.75, 3.05) is 0 Å². The lowest BCUT2D eigenvalue weighted by atomic mass is 9.92. The minimum atomic E-state index is -0.546. The number of hydrogen-bond acceptors (Lipinski definition) is 9. The van der Waals surface area contributed by atoms with Crippen LogP contribution in [0, 0.1) is 29.6 Å². The third-order valence-corrected chi connectivity index (χ3v) is 9.87. The van der Waals surface area contributed by atoms with Crippen molar-refractivity contribution in [3.05, 3.63) is 172 Å². The van der Waals surface area contributed by atoms with Crippen LogP contribution in [-0.2, 0) is 17.8 Å². The number of nitriles is 2. The second-order valence-corrected chi connectivity index (χ2v) is 15.2. The molecule has 4 aromatic heterocycles. The molecule has 12 heteroatoms. The highest BCUT2D eigenvalue weighted by Crippen LogP contribution is 2.39. The van der Waals surface area contributed by atoms with Crippen molar-refractivity contribution in [2.45, 2.75) is 46.4 Å². The first-order valence-corrected chi connectivity index (χ1v) is 19.6. The summed E-state index contributed by atoms with van der Waals surface area (Å²) in [5, 5.41) is 23.9. The summed E-state index contributed by atoms with van der Waals surface area (Å²) in [5.41, 5.74) is 16.0. The molecule has 11 nitrogen and oxygen atoms in total. The largest absolute Gasteiger partial charge is 0.444 e. The highest BCUT2D eigenvalue weighted by atomic mass is 35.5. The Morgan fingerprint density at radius 3 is 1.71 bits per heavy atom. The summed E-state index contributed by atoms with van der Waals surface area (Å²) in [6.45, 7) is 8.18. The monoisotopic (exact) mass is 838 g/mol. The molecule has 0 aliphatic heterocycles. The zero-order valence-electron chi connectivity index (χ0n) is 34.6. The molecule has 0 saturated carbocycles. The highest BCUT2D eigenvalue weighted by Gasteiger charge is 2.22. The molecule has 0 fully saturated rings. The van der Waals surface area contributed by atoms with Crippen LogP contribution in [-0.4, -0.2) is 31.6 Å². The van der Waals surface area contributed by atoms with Gasteiger partial charge < -0.3 is 20.8 Å². The number of nitrogens with two attached hydrogens (primary N) is 1. The minimum absolute atomic E-state index is 0. The quantitative estimate of drug-likeness (QED) is 0.141. The average Bonchev–Trinajstić information content (AvgIpc) is 3.27. The van der Waals surface area contributed by atoms with Gasteiger partial charge in [-0.2, -0.15) is 10.5 Å². The Labute approximate surface area is 365 Å². The average molecular weight is 839 g/mol. The molecule has 4 N–H and O–H groups in total. The predicted molar refractivity (Wildman–Crippen MR) is 246 cm³/mol. The van der Waals surface area contributed by atoms with E-state index >= 15 is 0 Å². The summed E-state index contributed by atoms with van der Waals surface area (Å²) in [6, 6.07) is 43.1. The number of ether oxygens (including phenoxy) is 1. The maximum atomic E-state index is 12.4. The Balaban J connectivity index is 0.000000209. The number of halogens is 1. The zero-order chi connectivity index (χ0) is 43.1. The zero-order valence-corrected chi connectivity index (χ0v) is 35.4. The van der Waals surface area contributed by atoms with Crippen molar-refractivity contribution in [1.29, 1.82) is 10.5 Å². The summed E-state index contributed by atoms with van der Waals surface area (Å²) in [7, 11) is 0. The molecule has 0 spiro atoms. The molecule has 308 valence electrons. The molecule has 0 unspecified atom stereocenters. The fourth-order valence-corrected chi connectivity index (χ4v) is 7.08. The van der Waals surface area contributed by atoms with E-state index < -0.39 is 11.7 Å². The Kier molecular flexibility index (Phi) is 13.5. The van der Waals surface area contributed by atoms with Crippen LogP contribution in [0.2, 0.25) is 0 Å². The number of carbonyl (C=O) groups is 1. The van der Waals surface area contributed by atoms with Gasteiger partial charge in [0.25, 0.3) is 5.56 Å². The summed E-state index contributed by atoms with van der Waals surface area (Å²) in [6.07, 6.45) is 2.80. The van der Waals surface area contributed by atoms with Gasteiger partial charge >= 0.3 is 6.09 Å². The molecular weight excluding hydrogens is 796 g/mol. The molecule has 4 heterocycles. The third kappa shape index (κ3) is 9.51. The second kappa shape index (κ2) is 19.1. The van der Waals surface area contributed by atoms with Crippen molar-refractivity contribution >= 4 is 40.3 Å². The van der Waals surface area contributed by atoms with E-state index in [1.165, 1.54) is 0 Å². The van der Waals surface area contributed by atoms with Gasteiger partial charge in [-0.15, -0.1) is 12.4 Å². The Morgan fingerprint density at radius 2 is 1.21 bits per heavy atom. The second-order valence-electron chi connectivity index (χ2n) is 15.2. The smallest absolute Gasteiger partial charge is 0.407 e. The fourth-order valence-electron chi connectivity index (χ4n) is 7.08. The third-order valence-electron chi connectivity index (χ3n) is 9.87. The number of pyridine rings is 4. The van der Waals surface area contributed by atoms with Crippen molar-refractivity contribution in [3.63, 3.8) is 0 Å². The van der Waals surface area contributed by atoms with E-state index in [2.05, 4.69) is 27.4 Å². The number of aromatic amines is 1. The summed E-state index contributed by atoms with van der Waals surface area (Å²) < 4.78 is 5.30. The number of rotatable bonds is 7. The number of hydrogen-bond donors (Lipinski definition) is 3. The normalized spacial score (nSPS) is 10.8. The Morgan fingerprint density at radius 1 is 0.710 bits per heavy atom. The van der Waals surface area contributed by atoms with Crippen molar-refractivity contribution in [3.8, 4) is 56.9 Å². The fraction of sp³-hybridized carbons (Fsp3) is 0.140. The van der Waals surface area contributed by atoms with Crippen LogP contribution in [0.25, 0.3) is 66.6 Å². The van der Waals surface area contributed by atoms with Gasteiger partial charge in [-0.3, -0.25) is 9.78 Å². The van der Waals surface area contributed by atoms with Gasteiger partial charge in [-0.05, 0) is 62.1 Å². The van der Waals surface area contributed by atoms with E-state index in [-0.39, 0.29) is 18.0 Å². The SMILES string of the molecule is Cc1nccc2nc(-c3ccc(CNC(=O)OC(C)(C)C)cc3)c(-c3ccccc3)c(C#N)c12.Cl.N#Cc1c(-c2ccccc2)c(-c2ccc(CN)cc2)nc2cc[nH]c(=O)c12. The number of nitrogens with one attached hydrogen (secondary N) is 2. The van der Waals surface area contributed by atoms with Crippen molar-refractivity contribution < 1.29 is 9.53 Å². The molecule has 0 atom stereocenters. The van der Waals surface area contributed by atoms with Gasteiger partial charge in [-0.25, -0.2) is 14.8 Å². The molecule has 0 aliphatic rings. The number of nitrogens with zero attached hydrogens (tertiary/aromatic N) is 5. The van der Waals surface area contributed by atoms with E-state index in [4.69, 9.17) is 20.4 Å². The first kappa shape index (κ1) is 43.9. The molecule has 8 aromatic rings. The van der Waals surface area contributed by atoms with Crippen molar-refractivity contribution in [1.82, 2.24) is 25.3 Å². The van der Waals surface area contributed by atoms with E-state index in [1.54, 1.807) is 18.5 Å². The van der Waals surface area contributed by atoms with Gasteiger partial charge in [0, 0.05) is 58.8 Å². The maximum Gasteiger partial charge on any atom is 0.407 e. The van der Waals surface area contributed by atoms with Gasteiger partial charge in [0.2, 0.25) is 0 Å². The number of aryl methyl sites for hydroxylation is 1. The van der Waals surface area contributed by atoms with Gasteiger partial charge in [0.15, 0.2) is 0 Å². The van der Waals surface area contributed by atoms with Crippen LogP contribution < -0.4 is 16.6 Å². The van der Waals surface area contributed by atoms with Crippen LogP contribution in [0.3, 0.4) is 0 Å². The number of carbonyl (C=O) groups excluding carboxylic acids is 1. The Bertz CT molecular complexity index is 3030. The van der Waals surface area contributed by atoms with Crippen molar-refractivity contribution in [2.24, 2.45) is 5.73 Å². The molecule has 0 radical (unpaired) electrons. The van der Waals surface area contributed by atoms with Crippen LogP contribution in [0.5, 0.6) is 0 Å². The first-order chi connectivity index (χ1) is 29.5. The minimum Gasteiger partial charge on any atom is -0.444 e. The van der Waals surface area contributed by atoms with Gasteiger partial charge in [0.05, 0.1) is 38.9 Å². The van der Waals surface area contributed by atoms with E-state index in [0.29, 0.717) is 46.4 Å². The predicted octanol–water partition coefficient (Wildman–Crippen LogP) is 10.2. The van der Waals surface area contributed by atoms with Crippen LogP contribution >= 0.6 is 12.4 Å². The van der Waals surface area contributed by atoms with Crippen LogP contribution in [0.15, 0.2) is 139 Å². The first-order valence-electron chi connectivity index (χ1n) is 19.6. The molecule has 4 aromatic carbocycles. The lowest BCUT2D eigenvalue weighted by Gasteiger charge is -2.19.